The number of hydrogen-bond acceptors (Lipinski definition) is 8. The third kappa shape index (κ3) is 5.43. The monoisotopic (exact) mass is 434 g/mol. The SMILES string of the molecule is CCOC(=O)CC1O[C@H](COC(=O)c2ccccc2)[C@@](O)(C2CC2)[C@@H]1CC(=O)OCC. The molecule has 0 spiro atoms. The number of hydrogen-bond donors (Lipinski definition) is 1. The lowest BCUT2D eigenvalue weighted by Gasteiger charge is -2.33. The molecule has 0 bridgehead atoms. The molecule has 0 aromatic heterocycles. The lowest BCUT2D eigenvalue weighted by molar-refractivity contribution is -0.150. The molecule has 0 radical (unpaired) electrons. The van der Waals surface area contributed by atoms with E-state index >= 15 is 0 Å². The highest BCUT2D eigenvalue weighted by Gasteiger charge is 2.63. The van der Waals surface area contributed by atoms with E-state index < -0.39 is 41.6 Å². The Kier molecular flexibility index (Phi) is 7.67. The summed E-state index contributed by atoms with van der Waals surface area (Å²) in [6.45, 7) is 3.67. The normalized spacial score (nSPS) is 27.5. The summed E-state index contributed by atoms with van der Waals surface area (Å²) in [7, 11) is 0. The molecule has 1 unspecified atom stereocenters. The summed E-state index contributed by atoms with van der Waals surface area (Å²) in [6.07, 6.45) is -0.242. The number of carbonyl (C=O) groups is 3. The van der Waals surface area contributed by atoms with Gasteiger partial charge in [-0.05, 0) is 44.7 Å². The summed E-state index contributed by atoms with van der Waals surface area (Å²) in [6, 6.07) is 8.53. The van der Waals surface area contributed by atoms with Gasteiger partial charge in [-0.15, -0.1) is 0 Å². The third-order valence-electron chi connectivity index (χ3n) is 5.87. The Morgan fingerprint density at radius 1 is 1.00 bits per heavy atom. The van der Waals surface area contributed by atoms with Crippen LogP contribution >= 0.6 is 0 Å². The van der Waals surface area contributed by atoms with Crippen LogP contribution in [-0.2, 0) is 28.5 Å². The summed E-state index contributed by atoms with van der Waals surface area (Å²) in [4.78, 5) is 36.8. The van der Waals surface area contributed by atoms with E-state index in [-0.39, 0.29) is 38.6 Å². The Morgan fingerprint density at radius 2 is 1.61 bits per heavy atom. The van der Waals surface area contributed by atoms with Gasteiger partial charge in [-0.2, -0.15) is 0 Å². The largest absolute Gasteiger partial charge is 0.466 e. The van der Waals surface area contributed by atoms with Crippen LogP contribution in [-0.4, -0.2) is 60.6 Å². The van der Waals surface area contributed by atoms with E-state index in [0.29, 0.717) is 5.56 Å². The van der Waals surface area contributed by atoms with Crippen LogP contribution in [0.25, 0.3) is 0 Å². The van der Waals surface area contributed by atoms with Gasteiger partial charge in [-0.1, -0.05) is 18.2 Å². The van der Waals surface area contributed by atoms with Crippen molar-refractivity contribution >= 4 is 17.9 Å². The summed E-state index contributed by atoms with van der Waals surface area (Å²) >= 11 is 0. The van der Waals surface area contributed by atoms with Crippen molar-refractivity contribution in [1.82, 2.24) is 0 Å². The quantitative estimate of drug-likeness (QED) is 0.441. The minimum absolute atomic E-state index is 0.0892. The van der Waals surface area contributed by atoms with Crippen LogP contribution in [0.1, 0.15) is 49.9 Å². The third-order valence-corrected chi connectivity index (χ3v) is 5.87. The topological polar surface area (TPSA) is 108 Å². The van der Waals surface area contributed by atoms with Crippen molar-refractivity contribution in [3.05, 3.63) is 35.9 Å². The maximum Gasteiger partial charge on any atom is 0.338 e. The molecular weight excluding hydrogens is 404 g/mol. The van der Waals surface area contributed by atoms with Crippen LogP contribution in [0.15, 0.2) is 30.3 Å². The predicted molar refractivity (Wildman–Crippen MR) is 109 cm³/mol. The molecule has 1 aliphatic carbocycles. The molecule has 1 aromatic rings. The summed E-state index contributed by atoms with van der Waals surface area (Å²) in [5.41, 5.74) is -1.01. The molecule has 1 aromatic carbocycles. The van der Waals surface area contributed by atoms with Gasteiger partial charge < -0.3 is 24.1 Å². The average Bonchev–Trinajstić information content (AvgIpc) is 3.57. The molecule has 1 heterocycles. The van der Waals surface area contributed by atoms with Crippen LogP contribution in [0.4, 0.5) is 0 Å². The molecule has 2 aliphatic rings. The van der Waals surface area contributed by atoms with Gasteiger partial charge in [0.2, 0.25) is 0 Å². The summed E-state index contributed by atoms with van der Waals surface area (Å²) in [5, 5.41) is 11.7. The van der Waals surface area contributed by atoms with E-state index in [2.05, 4.69) is 0 Å². The lowest BCUT2D eigenvalue weighted by atomic mass is 9.76. The van der Waals surface area contributed by atoms with Gasteiger partial charge in [0.15, 0.2) is 0 Å². The maximum atomic E-state index is 12.4. The number of esters is 3. The maximum absolute atomic E-state index is 12.4. The minimum Gasteiger partial charge on any atom is -0.466 e. The average molecular weight is 434 g/mol. The molecule has 8 heteroatoms. The van der Waals surface area contributed by atoms with E-state index in [1.165, 1.54) is 0 Å². The van der Waals surface area contributed by atoms with Gasteiger partial charge in [0.05, 0.1) is 37.7 Å². The van der Waals surface area contributed by atoms with E-state index in [1.54, 1.807) is 44.2 Å². The molecule has 31 heavy (non-hydrogen) atoms. The van der Waals surface area contributed by atoms with E-state index in [4.69, 9.17) is 18.9 Å². The summed E-state index contributed by atoms with van der Waals surface area (Å²) in [5.74, 6) is -2.23. The second kappa shape index (κ2) is 10.2. The van der Waals surface area contributed by atoms with Crippen LogP contribution in [0.2, 0.25) is 0 Å². The molecule has 1 aliphatic heterocycles. The van der Waals surface area contributed by atoms with Gasteiger partial charge in [-0.25, -0.2) is 4.79 Å². The second-order valence-corrected chi connectivity index (χ2v) is 7.91. The molecule has 2 fully saturated rings. The molecular formula is C23H30O8. The molecule has 1 saturated heterocycles. The zero-order chi connectivity index (χ0) is 22.4. The first kappa shape index (κ1) is 23.2. The number of rotatable bonds is 10. The zero-order valence-electron chi connectivity index (χ0n) is 18.0. The Bertz CT molecular complexity index is 775. The van der Waals surface area contributed by atoms with Gasteiger partial charge >= 0.3 is 17.9 Å². The smallest absolute Gasteiger partial charge is 0.338 e. The molecule has 3 rings (SSSR count). The highest BCUT2D eigenvalue weighted by molar-refractivity contribution is 5.89. The number of benzene rings is 1. The molecule has 8 nitrogen and oxygen atoms in total. The first-order valence-electron chi connectivity index (χ1n) is 10.8. The Hall–Kier alpha value is -2.45. The van der Waals surface area contributed by atoms with Crippen LogP contribution in [0.3, 0.4) is 0 Å². The second-order valence-electron chi connectivity index (χ2n) is 7.91. The molecule has 170 valence electrons. The van der Waals surface area contributed by atoms with Crippen molar-refractivity contribution < 1.29 is 38.4 Å². The standard InChI is InChI=1S/C23H30O8/c1-3-28-20(24)12-17-18(13-21(25)29-4-2)31-19(23(17,27)16-10-11-16)14-30-22(26)15-8-6-5-7-9-15/h5-9,16-19,27H,3-4,10-14H2,1-2H3/t17-,18?,19-,23-/m1/s1. The molecule has 4 atom stereocenters. The van der Waals surface area contributed by atoms with Crippen LogP contribution in [0, 0.1) is 11.8 Å². The van der Waals surface area contributed by atoms with Crippen molar-refractivity contribution in [2.45, 2.75) is 57.3 Å². The first-order valence-corrected chi connectivity index (χ1v) is 10.8. The van der Waals surface area contributed by atoms with Crippen LogP contribution < -0.4 is 0 Å². The first-order chi connectivity index (χ1) is 14.9. The molecule has 0 amide bonds. The highest BCUT2D eigenvalue weighted by Crippen LogP contribution is 2.53. The van der Waals surface area contributed by atoms with Crippen molar-refractivity contribution in [2.75, 3.05) is 19.8 Å². The predicted octanol–water partition coefficient (Wildman–Crippen LogP) is 2.27. The van der Waals surface area contributed by atoms with Crippen molar-refractivity contribution in [2.24, 2.45) is 11.8 Å². The van der Waals surface area contributed by atoms with E-state index in [0.717, 1.165) is 12.8 Å². The number of aliphatic hydroxyl groups is 1. The van der Waals surface area contributed by atoms with Crippen molar-refractivity contribution in [1.29, 1.82) is 0 Å². The summed E-state index contributed by atoms with van der Waals surface area (Å²) < 4.78 is 21.6. The Labute approximate surface area is 181 Å². The van der Waals surface area contributed by atoms with Gasteiger partial charge in [0.1, 0.15) is 18.3 Å². The zero-order valence-corrected chi connectivity index (χ0v) is 18.0. The Balaban J connectivity index is 1.77. The molecule has 1 N–H and O–H groups in total. The fraction of sp³-hybridized carbons (Fsp3) is 0.609. The highest BCUT2D eigenvalue weighted by atomic mass is 16.6. The fourth-order valence-corrected chi connectivity index (χ4v) is 4.31. The lowest BCUT2D eigenvalue weighted by Crippen LogP contribution is -2.49. The fourth-order valence-electron chi connectivity index (χ4n) is 4.31. The van der Waals surface area contributed by atoms with Crippen molar-refractivity contribution in [3.63, 3.8) is 0 Å². The van der Waals surface area contributed by atoms with Crippen LogP contribution in [0.5, 0.6) is 0 Å². The molecule has 1 saturated carbocycles. The van der Waals surface area contributed by atoms with Gasteiger partial charge in [0, 0.05) is 5.92 Å². The minimum atomic E-state index is -1.40. The van der Waals surface area contributed by atoms with Gasteiger partial charge in [-0.3, -0.25) is 9.59 Å². The van der Waals surface area contributed by atoms with Crippen molar-refractivity contribution in [3.8, 4) is 0 Å². The van der Waals surface area contributed by atoms with E-state index in [1.807, 2.05) is 0 Å². The number of carbonyl (C=O) groups excluding carboxylic acids is 3. The Morgan fingerprint density at radius 3 is 2.19 bits per heavy atom. The van der Waals surface area contributed by atoms with Gasteiger partial charge in [0.25, 0.3) is 0 Å². The van der Waals surface area contributed by atoms with E-state index in [9.17, 15) is 19.5 Å². The number of ether oxygens (including phenoxy) is 4.